The molecule has 2 aromatic carbocycles. The number of benzene rings is 2. The van der Waals surface area contributed by atoms with E-state index in [4.69, 9.17) is 40.2 Å². The van der Waals surface area contributed by atoms with E-state index >= 15 is 0 Å². The molecule has 0 radical (unpaired) electrons. The van der Waals surface area contributed by atoms with Crippen LogP contribution in [-0.4, -0.2) is 24.1 Å². The fraction of sp³-hybridized carbons (Fsp3) is 0.200. The number of thiocarbonyl (C=S) groups is 1. The van der Waals surface area contributed by atoms with Crippen LogP contribution in [0.5, 0.6) is 0 Å². The number of nitrogens with zero attached hydrogens (tertiary/aromatic N) is 1. The van der Waals surface area contributed by atoms with Gasteiger partial charge in [0, 0.05) is 16.3 Å². The van der Waals surface area contributed by atoms with E-state index in [0.29, 0.717) is 21.6 Å². The van der Waals surface area contributed by atoms with Gasteiger partial charge < -0.3 is 9.64 Å². The van der Waals surface area contributed by atoms with Crippen molar-refractivity contribution in [2.45, 2.75) is 6.92 Å². The Morgan fingerprint density at radius 1 is 1.33 bits per heavy atom. The molecule has 0 unspecified atom stereocenters. The molecule has 0 saturated heterocycles. The first-order valence-corrected chi connectivity index (χ1v) is 7.59. The Labute approximate surface area is 137 Å². The number of ether oxygens (including phenoxy) is 1. The normalized spacial score (nSPS) is 13.1. The van der Waals surface area contributed by atoms with E-state index in [1.54, 1.807) is 17.9 Å². The van der Waals surface area contributed by atoms with E-state index < -0.39 is 0 Å². The molecule has 1 aliphatic heterocycles. The number of carbonyl (C=O) groups excluding carboxylic acids is 1. The SMILES string of the molecule is CCOC(=O)CN1C(=S)c2cccc3c(Cl)cc(Cl)c1c23. The van der Waals surface area contributed by atoms with Crippen LogP contribution in [0, 0.1) is 0 Å². The highest BCUT2D eigenvalue weighted by Gasteiger charge is 2.31. The molecular weight excluding hydrogens is 329 g/mol. The topological polar surface area (TPSA) is 29.5 Å². The van der Waals surface area contributed by atoms with Crippen LogP contribution in [0.15, 0.2) is 24.3 Å². The molecule has 0 saturated carbocycles. The van der Waals surface area contributed by atoms with Gasteiger partial charge in [-0.15, -0.1) is 0 Å². The summed E-state index contributed by atoms with van der Waals surface area (Å²) in [5.74, 6) is -0.341. The second-order valence-electron chi connectivity index (χ2n) is 4.61. The van der Waals surface area contributed by atoms with Crippen LogP contribution < -0.4 is 4.90 Å². The number of rotatable bonds is 3. The molecule has 3 nitrogen and oxygen atoms in total. The fourth-order valence-corrected chi connectivity index (χ4v) is 3.51. The van der Waals surface area contributed by atoms with Crippen molar-refractivity contribution in [1.29, 1.82) is 0 Å². The van der Waals surface area contributed by atoms with Crippen molar-refractivity contribution in [2.75, 3.05) is 18.1 Å². The maximum absolute atomic E-state index is 11.8. The quantitative estimate of drug-likeness (QED) is 0.619. The van der Waals surface area contributed by atoms with Crippen molar-refractivity contribution >= 4 is 62.8 Å². The highest BCUT2D eigenvalue weighted by atomic mass is 35.5. The first-order chi connectivity index (χ1) is 10.0. The van der Waals surface area contributed by atoms with Crippen molar-refractivity contribution in [1.82, 2.24) is 0 Å². The summed E-state index contributed by atoms with van der Waals surface area (Å²) < 4.78 is 5.00. The van der Waals surface area contributed by atoms with E-state index in [2.05, 4.69) is 0 Å². The molecule has 0 aromatic heterocycles. The van der Waals surface area contributed by atoms with Gasteiger partial charge in [-0.2, -0.15) is 0 Å². The molecule has 1 heterocycles. The van der Waals surface area contributed by atoms with Gasteiger partial charge in [-0.05, 0) is 13.0 Å². The van der Waals surface area contributed by atoms with Gasteiger partial charge in [-0.1, -0.05) is 53.6 Å². The molecule has 108 valence electrons. The minimum absolute atomic E-state index is 0.0395. The van der Waals surface area contributed by atoms with Crippen molar-refractivity contribution in [3.8, 4) is 0 Å². The van der Waals surface area contributed by atoms with Gasteiger partial charge in [-0.25, -0.2) is 0 Å². The molecule has 21 heavy (non-hydrogen) atoms. The molecule has 0 spiro atoms. The predicted octanol–water partition coefficient (Wildman–Crippen LogP) is 4.21. The number of hydrogen-bond acceptors (Lipinski definition) is 3. The number of esters is 1. The van der Waals surface area contributed by atoms with Gasteiger partial charge in [-0.3, -0.25) is 4.79 Å². The Balaban J connectivity index is 2.17. The third-order valence-electron chi connectivity index (χ3n) is 3.38. The summed E-state index contributed by atoms with van der Waals surface area (Å²) in [7, 11) is 0. The van der Waals surface area contributed by atoms with Crippen LogP contribution in [-0.2, 0) is 9.53 Å². The van der Waals surface area contributed by atoms with Crippen LogP contribution in [0.4, 0.5) is 5.69 Å². The molecule has 0 N–H and O–H groups in total. The molecule has 0 aliphatic carbocycles. The van der Waals surface area contributed by atoms with E-state index in [-0.39, 0.29) is 12.5 Å². The maximum atomic E-state index is 11.8. The minimum Gasteiger partial charge on any atom is -0.465 e. The summed E-state index contributed by atoms with van der Waals surface area (Å²) in [6.07, 6.45) is 0. The molecule has 0 atom stereocenters. The Morgan fingerprint density at radius 3 is 2.81 bits per heavy atom. The van der Waals surface area contributed by atoms with Crippen LogP contribution in [0.3, 0.4) is 0 Å². The molecule has 0 fully saturated rings. The van der Waals surface area contributed by atoms with Crippen LogP contribution in [0.2, 0.25) is 10.0 Å². The van der Waals surface area contributed by atoms with Gasteiger partial charge in [0.2, 0.25) is 0 Å². The summed E-state index contributed by atoms with van der Waals surface area (Å²) in [5.41, 5.74) is 1.59. The second kappa shape index (κ2) is 5.44. The molecule has 0 bridgehead atoms. The Morgan fingerprint density at radius 2 is 2.10 bits per heavy atom. The lowest BCUT2D eigenvalue weighted by molar-refractivity contribution is -0.141. The molecule has 3 rings (SSSR count). The van der Waals surface area contributed by atoms with Crippen LogP contribution in [0.25, 0.3) is 10.8 Å². The summed E-state index contributed by atoms with van der Waals surface area (Å²) in [5, 5.41) is 2.82. The number of hydrogen-bond donors (Lipinski definition) is 0. The summed E-state index contributed by atoms with van der Waals surface area (Å²) in [6, 6.07) is 7.39. The summed E-state index contributed by atoms with van der Waals surface area (Å²) in [4.78, 5) is 14.1. The highest BCUT2D eigenvalue weighted by molar-refractivity contribution is 7.81. The molecule has 1 aliphatic rings. The van der Waals surface area contributed by atoms with Crippen molar-refractivity contribution in [3.05, 3.63) is 39.9 Å². The number of anilines is 1. The van der Waals surface area contributed by atoms with Crippen molar-refractivity contribution < 1.29 is 9.53 Å². The molecular formula is C15H11Cl2NO2S. The van der Waals surface area contributed by atoms with E-state index in [1.807, 2.05) is 18.2 Å². The molecule has 0 amide bonds. The van der Waals surface area contributed by atoms with E-state index in [9.17, 15) is 4.79 Å². The molecule has 6 heteroatoms. The van der Waals surface area contributed by atoms with E-state index in [0.717, 1.165) is 22.0 Å². The zero-order chi connectivity index (χ0) is 15.1. The van der Waals surface area contributed by atoms with Crippen LogP contribution >= 0.6 is 35.4 Å². The average molecular weight is 340 g/mol. The van der Waals surface area contributed by atoms with E-state index in [1.165, 1.54) is 0 Å². The van der Waals surface area contributed by atoms with Gasteiger partial charge in [0.15, 0.2) is 0 Å². The average Bonchev–Trinajstić information content (AvgIpc) is 2.71. The monoisotopic (exact) mass is 339 g/mol. The van der Waals surface area contributed by atoms with Gasteiger partial charge in [0.05, 0.1) is 22.3 Å². The summed E-state index contributed by atoms with van der Waals surface area (Å²) in [6.45, 7) is 2.14. The van der Waals surface area contributed by atoms with Crippen molar-refractivity contribution in [3.63, 3.8) is 0 Å². The maximum Gasteiger partial charge on any atom is 0.325 e. The Kier molecular flexibility index (Phi) is 3.78. The second-order valence-corrected chi connectivity index (χ2v) is 5.81. The first-order valence-electron chi connectivity index (χ1n) is 6.42. The fourth-order valence-electron chi connectivity index (χ4n) is 2.56. The number of halogens is 2. The lowest BCUT2D eigenvalue weighted by atomic mass is 10.1. The van der Waals surface area contributed by atoms with Gasteiger partial charge in [0.1, 0.15) is 11.5 Å². The van der Waals surface area contributed by atoms with Gasteiger partial charge >= 0.3 is 5.97 Å². The lowest BCUT2D eigenvalue weighted by Gasteiger charge is -2.19. The third kappa shape index (κ3) is 2.27. The zero-order valence-electron chi connectivity index (χ0n) is 11.2. The summed E-state index contributed by atoms with van der Waals surface area (Å²) >= 11 is 18.1. The Hall–Kier alpha value is -1.36. The predicted molar refractivity (Wildman–Crippen MR) is 89.6 cm³/mol. The van der Waals surface area contributed by atoms with Crippen LogP contribution in [0.1, 0.15) is 12.5 Å². The van der Waals surface area contributed by atoms with Crippen molar-refractivity contribution in [2.24, 2.45) is 0 Å². The largest absolute Gasteiger partial charge is 0.465 e. The highest BCUT2D eigenvalue weighted by Crippen LogP contribution is 2.45. The third-order valence-corrected chi connectivity index (χ3v) is 4.42. The minimum atomic E-state index is -0.341. The zero-order valence-corrected chi connectivity index (χ0v) is 13.5. The smallest absolute Gasteiger partial charge is 0.325 e. The standard InChI is InChI=1S/C15H11Cl2NO2S/c1-2-20-12(19)7-18-14-11(17)6-10(16)8-4-3-5-9(13(8)14)15(18)21/h3-6H,2,7H2,1H3. The first kappa shape index (κ1) is 14.6. The molecule has 2 aromatic rings. The van der Waals surface area contributed by atoms with Gasteiger partial charge in [0.25, 0.3) is 0 Å². The number of carbonyl (C=O) groups is 1. The Bertz CT molecular complexity index is 776. The lowest BCUT2D eigenvalue weighted by Crippen LogP contribution is -2.33.